The Hall–Kier alpha value is -2.51. The van der Waals surface area contributed by atoms with Crippen molar-refractivity contribution in [2.24, 2.45) is 5.92 Å². The van der Waals surface area contributed by atoms with E-state index in [-0.39, 0.29) is 24.6 Å². The standard InChI is InChI=1S/C15H18FN3O4/c1-18(14(21)11-5-12(16)7-17-6-11)9-13(20)19-4-2-3-10(8-19)15(22)23/h5-7,10H,2-4,8-9H2,1H3,(H,22,23). The van der Waals surface area contributed by atoms with E-state index in [9.17, 15) is 18.8 Å². The summed E-state index contributed by atoms with van der Waals surface area (Å²) >= 11 is 0. The third-order valence-corrected chi connectivity index (χ3v) is 3.79. The fourth-order valence-electron chi connectivity index (χ4n) is 2.53. The third-order valence-electron chi connectivity index (χ3n) is 3.79. The van der Waals surface area contributed by atoms with Crippen LogP contribution in [0, 0.1) is 11.7 Å². The Morgan fingerprint density at radius 1 is 1.43 bits per heavy atom. The summed E-state index contributed by atoms with van der Waals surface area (Å²) < 4.78 is 13.1. The van der Waals surface area contributed by atoms with Gasteiger partial charge in [-0.2, -0.15) is 0 Å². The van der Waals surface area contributed by atoms with Crippen molar-refractivity contribution in [2.45, 2.75) is 12.8 Å². The first-order valence-electron chi connectivity index (χ1n) is 7.25. The summed E-state index contributed by atoms with van der Waals surface area (Å²) in [4.78, 5) is 41.6. The molecule has 0 aliphatic carbocycles. The van der Waals surface area contributed by atoms with E-state index in [4.69, 9.17) is 5.11 Å². The van der Waals surface area contributed by atoms with Crippen LogP contribution in [-0.2, 0) is 9.59 Å². The lowest BCUT2D eigenvalue weighted by Gasteiger charge is -2.32. The molecule has 1 N–H and O–H groups in total. The van der Waals surface area contributed by atoms with Crippen molar-refractivity contribution in [3.8, 4) is 0 Å². The van der Waals surface area contributed by atoms with E-state index >= 15 is 0 Å². The van der Waals surface area contributed by atoms with Crippen LogP contribution in [0.5, 0.6) is 0 Å². The SMILES string of the molecule is CN(CC(=O)N1CCCC(C(=O)O)C1)C(=O)c1cncc(F)c1. The predicted octanol–water partition coefficient (Wildman–Crippen LogP) is 0.616. The molecule has 2 heterocycles. The first kappa shape index (κ1) is 16.9. The average molecular weight is 323 g/mol. The molecular weight excluding hydrogens is 305 g/mol. The molecule has 1 aliphatic heterocycles. The topological polar surface area (TPSA) is 90.8 Å². The van der Waals surface area contributed by atoms with Crippen molar-refractivity contribution < 1.29 is 23.9 Å². The number of halogens is 1. The van der Waals surface area contributed by atoms with Gasteiger partial charge in [0.2, 0.25) is 5.91 Å². The molecule has 1 unspecified atom stereocenters. The summed E-state index contributed by atoms with van der Waals surface area (Å²) in [7, 11) is 1.43. The van der Waals surface area contributed by atoms with Gasteiger partial charge in [-0.3, -0.25) is 19.4 Å². The van der Waals surface area contributed by atoms with E-state index in [1.165, 1.54) is 23.0 Å². The van der Waals surface area contributed by atoms with Gasteiger partial charge in [-0.1, -0.05) is 0 Å². The minimum Gasteiger partial charge on any atom is -0.481 e. The third kappa shape index (κ3) is 4.24. The van der Waals surface area contributed by atoms with Crippen LogP contribution in [-0.4, -0.2) is 64.4 Å². The Bertz CT molecular complexity index is 622. The highest BCUT2D eigenvalue weighted by atomic mass is 19.1. The lowest BCUT2D eigenvalue weighted by molar-refractivity contribution is -0.145. The molecule has 2 rings (SSSR count). The Kier molecular flexibility index (Phi) is 5.25. The van der Waals surface area contributed by atoms with Gasteiger partial charge in [0.1, 0.15) is 5.82 Å². The normalized spacial score (nSPS) is 17.7. The smallest absolute Gasteiger partial charge is 0.308 e. The summed E-state index contributed by atoms with van der Waals surface area (Å²) in [5.41, 5.74) is 0.0577. The maximum Gasteiger partial charge on any atom is 0.308 e. The lowest BCUT2D eigenvalue weighted by Crippen LogP contribution is -2.46. The maximum atomic E-state index is 13.1. The summed E-state index contributed by atoms with van der Waals surface area (Å²) in [6.45, 7) is 0.436. The zero-order valence-corrected chi connectivity index (χ0v) is 12.7. The first-order chi connectivity index (χ1) is 10.9. The lowest BCUT2D eigenvalue weighted by atomic mass is 9.98. The van der Waals surface area contributed by atoms with Gasteiger partial charge in [-0.05, 0) is 18.9 Å². The van der Waals surface area contributed by atoms with Gasteiger partial charge in [0.25, 0.3) is 5.91 Å². The minimum absolute atomic E-state index is 0.0577. The molecule has 0 bridgehead atoms. The number of amides is 2. The molecule has 2 amide bonds. The van der Waals surface area contributed by atoms with Gasteiger partial charge in [0.15, 0.2) is 0 Å². The number of carboxylic acid groups (broad SMARTS) is 1. The summed E-state index contributed by atoms with van der Waals surface area (Å²) in [6, 6.07) is 1.05. The molecule has 1 aromatic rings. The number of pyridine rings is 1. The van der Waals surface area contributed by atoms with Crippen LogP contribution >= 0.6 is 0 Å². The van der Waals surface area contributed by atoms with Crippen molar-refractivity contribution in [2.75, 3.05) is 26.7 Å². The fourth-order valence-corrected chi connectivity index (χ4v) is 2.53. The molecule has 0 saturated carbocycles. The zero-order chi connectivity index (χ0) is 17.0. The van der Waals surface area contributed by atoms with E-state index in [1.807, 2.05) is 0 Å². The van der Waals surface area contributed by atoms with E-state index < -0.39 is 23.6 Å². The second kappa shape index (κ2) is 7.17. The molecular formula is C15H18FN3O4. The largest absolute Gasteiger partial charge is 0.481 e. The zero-order valence-electron chi connectivity index (χ0n) is 12.7. The van der Waals surface area contributed by atoms with Gasteiger partial charge in [-0.15, -0.1) is 0 Å². The van der Waals surface area contributed by atoms with E-state index in [1.54, 1.807) is 0 Å². The quantitative estimate of drug-likeness (QED) is 0.877. The number of aromatic nitrogens is 1. The molecule has 1 aliphatic rings. The fraction of sp³-hybridized carbons (Fsp3) is 0.467. The maximum absolute atomic E-state index is 13.1. The molecule has 1 saturated heterocycles. The molecule has 0 aromatic carbocycles. The molecule has 0 radical (unpaired) electrons. The van der Waals surface area contributed by atoms with Crippen molar-refractivity contribution in [1.82, 2.24) is 14.8 Å². The average Bonchev–Trinajstić information content (AvgIpc) is 2.54. The molecule has 1 atom stereocenters. The monoisotopic (exact) mass is 323 g/mol. The summed E-state index contributed by atoms with van der Waals surface area (Å²) in [5, 5.41) is 9.04. The van der Waals surface area contributed by atoms with E-state index in [0.29, 0.717) is 19.4 Å². The second-order valence-corrected chi connectivity index (χ2v) is 5.57. The number of likely N-dealkylation sites (tertiary alicyclic amines) is 1. The number of hydrogen-bond donors (Lipinski definition) is 1. The van der Waals surface area contributed by atoms with Crippen molar-refractivity contribution >= 4 is 17.8 Å². The number of hydrogen-bond acceptors (Lipinski definition) is 4. The molecule has 7 nitrogen and oxygen atoms in total. The highest BCUT2D eigenvalue weighted by molar-refractivity contribution is 5.96. The Morgan fingerprint density at radius 2 is 2.17 bits per heavy atom. The molecule has 0 spiro atoms. The van der Waals surface area contributed by atoms with Gasteiger partial charge < -0.3 is 14.9 Å². The van der Waals surface area contributed by atoms with Gasteiger partial charge in [0, 0.05) is 26.3 Å². The van der Waals surface area contributed by atoms with Crippen molar-refractivity contribution in [3.05, 3.63) is 29.8 Å². The van der Waals surface area contributed by atoms with Crippen molar-refractivity contribution in [1.29, 1.82) is 0 Å². The number of rotatable bonds is 4. The summed E-state index contributed by atoms with van der Waals surface area (Å²) in [6.07, 6.45) is 3.38. The van der Waals surface area contributed by atoms with Crippen LogP contribution in [0.25, 0.3) is 0 Å². The number of likely N-dealkylation sites (N-methyl/N-ethyl adjacent to an activating group) is 1. The van der Waals surface area contributed by atoms with E-state index in [0.717, 1.165) is 12.3 Å². The van der Waals surface area contributed by atoms with E-state index in [2.05, 4.69) is 4.98 Å². The minimum atomic E-state index is -0.919. The molecule has 8 heteroatoms. The number of carboxylic acids is 1. The van der Waals surface area contributed by atoms with Crippen LogP contribution in [0.3, 0.4) is 0 Å². The van der Waals surface area contributed by atoms with Crippen LogP contribution in [0.2, 0.25) is 0 Å². The van der Waals surface area contributed by atoms with Crippen LogP contribution in [0.1, 0.15) is 23.2 Å². The number of carbonyl (C=O) groups is 3. The Balaban J connectivity index is 1.96. The number of aliphatic carboxylic acids is 1. The van der Waals surface area contributed by atoms with Gasteiger partial charge >= 0.3 is 5.97 Å². The van der Waals surface area contributed by atoms with Gasteiger partial charge in [0.05, 0.1) is 24.2 Å². The number of carbonyl (C=O) groups excluding carboxylic acids is 2. The first-order valence-corrected chi connectivity index (χ1v) is 7.25. The van der Waals surface area contributed by atoms with Crippen LogP contribution in [0.4, 0.5) is 4.39 Å². The van der Waals surface area contributed by atoms with Crippen molar-refractivity contribution in [3.63, 3.8) is 0 Å². The van der Waals surface area contributed by atoms with Crippen LogP contribution in [0.15, 0.2) is 18.5 Å². The second-order valence-electron chi connectivity index (χ2n) is 5.57. The molecule has 1 fully saturated rings. The Morgan fingerprint density at radius 3 is 2.83 bits per heavy atom. The highest BCUT2D eigenvalue weighted by Gasteiger charge is 2.29. The Labute approximate surface area is 132 Å². The molecule has 1 aromatic heterocycles. The number of nitrogens with zero attached hydrogens (tertiary/aromatic N) is 3. The summed E-state index contributed by atoms with van der Waals surface area (Å²) in [5.74, 6) is -2.96. The molecule has 124 valence electrons. The predicted molar refractivity (Wildman–Crippen MR) is 78.1 cm³/mol. The number of piperidine rings is 1. The van der Waals surface area contributed by atoms with Crippen LogP contribution < -0.4 is 0 Å². The van der Waals surface area contributed by atoms with Gasteiger partial charge in [-0.25, -0.2) is 4.39 Å². The molecule has 23 heavy (non-hydrogen) atoms. The highest BCUT2D eigenvalue weighted by Crippen LogP contribution is 2.17.